The van der Waals surface area contributed by atoms with E-state index in [2.05, 4.69) is 11.1 Å². The van der Waals surface area contributed by atoms with E-state index < -0.39 is 10.2 Å². The summed E-state index contributed by atoms with van der Waals surface area (Å²) in [6.07, 6.45) is 0. The predicted octanol–water partition coefficient (Wildman–Crippen LogP) is -3.85. The van der Waals surface area contributed by atoms with Gasteiger partial charge in [0.05, 0.1) is 0 Å². The quantitative estimate of drug-likeness (QED) is 0.573. The minimum atomic E-state index is -4.94. The van der Waals surface area contributed by atoms with Gasteiger partial charge in [-0.2, -0.15) is 0 Å². The van der Waals surface area contributed by atoms with Gasteiger partial charge in [0.25, 0.3) is 5.91 Å². The van der Waals surface area contributed by atoms with Crippen molar-refractivity contribution in [2.24, 2.45) is 0 Å². The van der Waals surface area contributed by atoms with Gasteiger partial charge in [0, 0.05) is 10.7 Å². The van der Waals surface area contributed by atoms with E-state index >= 15 is 0 Å². The normalized spacial score (nSPS) is 12.2. The Labute approximate surface area is 111 Å². The highest BCUT2D eigenvalue weighted by molar-refractivity contribution is 6.30. The van der Waals surface area contributed by atoms with Crippen molar-refractivity contribution in [3.8, 4) is 0 Å². The number of carbonyl (C=O) groups is 1. The molecular weight excluding hydrogens is 287 g/mol. The van der Waals surface area contributed by atoms with Gasteiger partial charge in [0.15, 0.2) is 6.04 Å². The third-order valence-corrected chi connectivity index (χ3v) is 1.81. The number of anilines is 1. The molecule has 7 nitrogen and oxygen atoms in total. The standard InChI is InChI=1S/C9H11ClN2O.ClHO4/c1-6(11)9(13)12-8-4-2-7(10)3-5-8;2-1(3,4)5/h2-6H,11H2,1H3,(H,12,13);(H,2,3,4,5). The second-order valence-electron chi connectivity index (χ2n) is 3.28. The molecule has 0 saturated carbocycles. The molecule has 1 aromatic carbocycles. The van der Waals surface area contributed by atoms with Gasteiger partial charge in [-0.05, 0) is 31.2 Å². The molecule has 1 rings (SSSR count). The van der Waals surface area contributed by atoms with Crippen molar-refractivity contribution in [1.82, 2.24) is 0 Å². The molecule has 0 aliphatic carbocycles. The van der Waals surface area contributed by atoms with Crippen LogP contribution in [-0.2, 0) is 4.79 Å². The lowest BCUT2D eigenvalue weighted by Gasteiger charge is -2.17. The average molecular weight is 299 g/mol. The first-order valence-electron chi connectivity index (χ1n) is 4.61. The van der Waals surface area contributed by atoms with Crippen LogP contribution < -0.4 is 29.7 Å². The van der Waals surface area contributed by atoms with Crippen LogP contribution in [0.3, 0.4) is 0 Å². The van der Waals surface area contributed by atoms with Crippen molar-refractivity contribution in [3.63, 3.8) is 0 Å². The second kappa shape index (κ2) is 7.49. The Balaban J connectivity index is 0.000000494. The molecule has 0 aromatic heterocycles. The molecule has 0 bridgehead atoms. The van der Waals surface area contributed by atoms with Crippen LogP contribution >= 0.6 is 11.6 Å². The van der Waals surface area contributed by atoms with Gasteiger partial charge in [0.1, 0.15) is 0 Å². The number of carbonyl (C=O) groups excluding carboxylic acids is 1. The molecule has 1 amide bonds. The first kappa shape index (κ1) is 17.1. The number of benzene rings is 1. The van der Waals surface area contributed by atoms with E-state index in [1.807, 2.05) is 0 Å². The Hall–Kier alpha value is -0.930. The zero-order valence-electron chi connectivity index (χ0n) is 9.39. The third-order valence-electron chi connectivity index (χ3n) is 1.56. The molecule has 0 radical (unpaired) electrons. The number of hydrogen-bond acceptors (Lipinski definition) is 5. The number of hydrogen-bond donors (Lipinski definition) is 2. The summed E-state index contributed by atoms with van der Waals surface area (Å²) in [5, 5.41) is 3.36. The minimum absolute atomic E-state index is 0.0951. The fourth-order valence-corrected chi connectivity index (χ4v) is 0.925. The van der Waals surface area contributed by atoms with E-state index in [1.54, 1.807) is 31.2 Å². The van der Waals surface area contributed by atoms with Crippen LogP contribution in [0.15, 0.2) is 24.3 Å². The Morgan fingerprint density at radius 1 is 1.28 bits per heavy atom. The van der Waals surface area contributed by atoms with Crippen LogP contribution in [0.2, 0.25) is 5.02 Å². The Bertz CT molecular complexity index is 372. The Morgan fingerprint density at radius 2 is 1.67 bits per heavy atom. The molecule has 9 heteroatoms. The number of amides is 1. The number of rotatable bonds is 2. The third kappa shape index (κ3) is 10.2. The van der Waals surface area contributed by atoms with Gasteiger partial charge in [-0.1, -0.05) is 11.6 Å². The zero-order chi connectivity index (χ0) is 14.3. The van der Waals surface area contributed by atoms with E-state index in [1.165, 1.54) is 0 Å². The van der Waals surface area contributed by atoms with Crippen molar-refractivity contribution in [1.29, 1.82) is 0 Å². The molecule has 0 saturated heterocycles. The monoisotopic (exact) mass is 298 g/mol. The molecule has 1 atom stereocenters. The number of quaternary nitrogens is 1. The second-order valence-corrected chi connectivity index (χ2v) is 4.47. The molecule has 0 heterocycles. The lowest BCUT2D eigenvalue weighted by atomic mass is 10.3. The van der Waals surface area contributed by atoms with Crippen LogP contribution in [0.5, 0.6) is 0 Å². The minimum Gasteiger partial charge on any atom is -0.348 e. The molecule has 0 fully saturated rings. The molecule has 0 aliphatic rings. The lowest BCUT2D eigenvalue weighted by Crippen LogP contribution is -2.68. The van der Waals surface area contributed by atoms with Gasteiger partial charge >= 0.3 is 0 Å². The van der Waals surface area contributed by atoms with Crippen molar-refractivity contribution >= 4 is 23.2 Å². The highest BCUT2D eigenvalue weighted by Crippen LogP contribution is 2.13. The highest BCUT2D eigenvalue weighted by Gasteiger charge is 2.09. The SMILES string of the molecule is CC([NH3+])C(=O)Nc1ccc(Cl)cc1.[O-][Cl+3]([O-])([O-])[O-]. The topological polar surface area (TPSA) is 149 Å². The lowest BCUT2D eigenvalue weighted by molar-refractivity contribution is -2.00. The van der Waals surface area contributed by atoms with Crippen molar-refractivity contribution in [2.75, 3.05) is 5.32 Å². The summed E-state index contributed by atoms with van der Waals surface area (Å²) < 4.78 is 34.0. The van der Waals surface area contributed by atoms with Crippen LogP contribution in [-0.4, -0.2) is 11.9 Å². The summed E-state index contributed by atoms with van der Waals surface area (Å²) in [4.78, 5) is 11.2. The summed E-state index contributed by atoms with van der Waals surface area (Å²) in [5.74, 6) is -0.0951. The largest absolute Gasteiger partial charge is 0.348 e. The van der Waals surface area contributed by atoms with E-state index in [9.17, 15) is 4.79 Å². The number of nitrogens with one attached hydrogen (secondary N) is 1. The number of halogens is 2. The molecule has 0 aliphatic heterocycles. The van der Waals surface area contributed by atoms with E-state index in [0.717, 1.165) is 5.69 Å². The summed E-state index contributed by atoms with van der Waals surface area (Å²) in [6.45, 7) is 1.74. The maximum absolute atomic E-state index is 11.2. The highest BCUT2D eigenvalue weighted by atomic mass is 35.7. The van der Waals surface area contributed by atoms with E-state index in [4.69, 9.17) is 30.2 Å². The fourth-order valence-electron chi connectivity index (χ4n) is 0.799. The van der Waals surface area contributed by atoms with Crippen LogP contribution in [0, 0.1) is 10.2 Å². The van der Waals surface area contributed by atoms with Gasteiger partial charge in [-0.3, -0.25) is 4.79 Å². The van der Waals surface area contributed by atoms with Gasteiger partial charge in [-0.15, -0.1) is 10.2 Å². The van der Waals surface area contributed by atoms with Crippen molar-refractivity contribution < 1.29 is 39.4 Å². The first-order valence-corrected chi connectivity index (χ1v) is 6.22. The maximum atomic E-state index is 11.2. The summed E-state index contributed by atoms with van der Waals surface area (Å²) in [6, 6.07) is 6.71. The van der Waals surface area contributed by atoms with Crippen LogP contribution in [0.1, 0.15) is 6.92 Å². The summed E-state index contributed by atoms with van der Waals surface area (Å²) >= 11 is 5.69. The van der Waals surface area contributed by atoms with Gasteiger partial charge < -0.3 is 11.1 Å². The first-order chi connectivity index (χ1) is 8.09. The van der Waals surface area contributed by atoms with Crippen LogP contribution in [0.25, 0.3) is 0 Å². The van der Waals surface area contributed by atoms with E-state index in [0.29, 0.717) is 5.02 Å². The Morgan fingerprint density at radius 3 is 2.00 bits per heavy atom. The average Bonchev–Trinajstić information content (AvgIpc) is 2.18. The molecule has 0 spiro atoms. The molecular formula is C9H12Cl2N2O5. The Kier molecular flexibility index (Phi) is 7.11. The molecule has 102 valence electrons. The molecule has 1 aromatic rings. The molecule has 18 heavy (non-hydrogen) atoms. The van der Waals surface area contributed by atoms with Crippen molar-refractivity contribution in [2.45, 2.75) is 13.0 Å². The predicted molar refractivity (Wildman–Crippen MR) is 52.4 cm³/mol. The van der Waals surface area contributed by atoms with Crippen LogP contribution in [0.4, 0.5) is 5.69 Å². The molecule has 1 unspecified atom stereocenters. The maximum Gasteiger partial charge on any atom is 0.282 e. The summed E-state index contributed by atoms with van der Waals surface area (Å²) in [5.41, 5.74) is 4.35. The van der Waals surface area contributed by atoms with Gasteiger partial charge in [-0.25, -0.2) is 18.6 Å². The fraction of sp³-hybridized carbons (Fsp3) is 0.222. The smallest absolute Gasteiger partial charge is 0.282 e. The zero-order valence-corrected chi connectivity index (χ0v) is 10.9. The van der Waals surface area contributed by atoms with Crippen molar-refractivity contribution in [3.05, 3.63) is 29.3 Å². The van der Waals surface area contributed by atoms with E-state index in [-0.39, 0.29) is 11.9 Å². The summed E-state index contributed by atoms with van der Waals surface area (Å²) in [7, 11) is -4.94. The van der Waals surface area contributed by atoms with Gasteiger partial charge in [0.2, 0.25) is 0 Å². The molecule has 4 N–H and O–H groups in total.